The van der Waals surface area contributed by atoms with Crippen molar-refractivity contribution in [1.29, 1.82) is 0 Å². The molecule has 0 bridgehead atoms. The molecule has 1 saturated heterocycles. The molecule has 0 amide bonds. The first kappa shape index (κ1) is 29.7. The van der Waals surface area contributed by atoms with Crippen molar-refractivity contribution >= 4 is 14.3 Å². The van der Waals surface area contributed by atoms with Crippen LogP contribution >= 0.6 is 8.38 Å². The van der Waals surface area contributed by atoms with Gasteiger partial charge in [-0.25, -0.2) is 0 Å². The molecule has 0 saturated carbocycles. The molecule has 4 atom stereocenters. The van der Waals surface area contributed by atoms with E-state index in [2.05, 4.69) is 0 Å². The van der Waals surface area contributed by atoms with Gasteiger partial charge in [-0.1, -0.05) is 60.7 Å². The second-order valence-corrected chi connectivity index (χ2v) is 11.3. The van der Waals surface area contributed by atoms with Crippen molar-refractivity contribution in [3.8, 4) is 0 Å². The van der Waals surface area contributed by atoms with Crippen LogP contribution in [-0.2, 0) is 46.0 Å². The molecule has 7 nitrogen and oxygen atoms in total. The number of hydrogen-bond donors (Lipinski definition) is 0. The Morgan fingerprint density at radius 3 is 1.95 bits per heavy atom. The maximum absolute atomic E-state index is 12.0. The molecule has 1 fully saturated rings. The lowest BCUT2D eigenvalue weighted by atomic mass is 10.00. The third-order valence-electron chi connectivity index (χ3n) is 5.62. The highest BCUT2D eigenvalue weighted by Crippen LogP contribution is 2.43. The van der Waals surface area contributed by atoms with Crippen LogP contribution in [0.15, 0.2) is 60.7 Å². The first-order chi connectivity index (χ1) is 17.8. The molecule has 0 radical (unpaired) electrons. The summed E-state index contributed by atoms with van der Waals surface area (Å²) in [6.45, 7) is 10.2. The van der Waals surface area contributed by atoms with Crippen molar-refractivity contribution < 1.29 is 32.8 Å². The van der Waals surface area contributed by atoms with Gasteiger partial charge in [-0.05, 0) is 45.2 Å². The molecule has 2 aromatic carbocycles. The van der Waals surface area contributed by atoms with Crippen LogP contribution < -0.4 is 0 Å². The van der Waals surface area contributed by atoms with Gasteiger partial charge < -0.3 is 28.0 Å². The summed E-state index contributed by atoms with van der Waals surface area (Å²) in [7, 11) is -1.06. The zero-order valence-corrected chi connectivity index (χ0v) is 23.5. The van der Waals surface area contributed by atoms with E-state index in [1.807, 2.05) is 88.4 Å². The maximum atomic E-state index is 12.0. The van der Waals surface area contributed by atoms with E-state index in [0.29, 0.717) is 32.2 Å². The molecule has 0 N–H and O–H groups in total. The average Bonchev–Trinajstić information content (AvgIpc) is 2.85. The van der Waals surface area contributed by atoms with Crippen LogP contribution in [-0.4, -0.2) is 48.9 Å². The van der Waals surface area contributed by atoms with Crippen LogP contribution in [0.4, 0.5) is 0 Å². The number of benzene rings is 2. The largest absolute Gasteiger partial charge is 0.433 e. The first-order valence-corrected chi connectivity index (χ1v) is 14.4. The van der Waals surface area contributed by atoms with Crippen molar-refractivity contribution in [3.63, 3.8) is 0 Å². The molecule has 1 aliphatic heterocycles. The number of hydrogen-bond acceptors (Lipinski definition) is 7. The third kappa shape index (κ3) is 10.8. The molecule has 0 aromatic heterocycles. The van der Waals surface area contributed by atoms with Gasteiger partial charge in [0.2, 0.25) is 6.29 Å². The Balaban J connectivity index is 1.73. The van der Waals surface area contributed by atoms with Gasteiger partial charge >= 0.3 is 5.97 Å². The van der Waals surface area contributed by atoms with Crippen LogP contribution in [0.5, 0.6) is 0 Å². The van der Waals surface area contributed by atoms with E-state index in [4.69, 9.17) is 28.0 Å². The topological polar surface area (TPSA) is 72.5 Å². The van der Waals surface area contributed by atoms with Crippen LogP contribution in [0.25, 0.3) is 0 Å². The Bertz CT molecular complexity index is 899. The number of rotatable bonds is 14. The number of esters is 1. The number of ether oxygens (including phenoxy) is 4. The van der Waals surface area contributed by atoms with E-state index >= 15 is 0 Å². The quantitative estimate of drug-likeness (QED) is 0.206. The van der Waals surface area contributed by atoms with Crippen LogP contribution in [0.3, 0.4) is 0 Å². The molecule has 37 heavy (non-hydrogen) atoms. The summed E-state index contributed by atoms with van der Waals surface area (Å²) in [6.07, 6.45) is 0.203. The molecule has 204 valence electrons. The minimum absolute atomic E-state index is 0.0728. The Morgan fingerprint density at radius 1 is 0.892 bits per heavy atom. The minimum Gasteiger partial charge on any atom is -0.433 e. The fourth-order valence-electron chi connectivity index (χ4n) is 4.08. The predicted molar refractivity (Wildman–Crippen MR) is 144 cm³/mol. The van der Waals surface area contributed by atoms with Crippen molar-refractivity contribution in [2.45, 2.75) is 97.5 Å². The molecular formula is C29H41O7P. The smallest absolute Gasteiger partial charge is 0.305 e. The lowest BCUT2D eigenvalue weighted by Crippen LogP contribution is -2.52. The highest BCUT2D eigenvalue weighted by molar-refractivity contribution is 7.47. The lowest BCUT2D eigenvalue weighted by molar-refractivity contribution is -0.278. The van der Waals surface area contributed by atoms with Gasteiger partial charge in [-0.15, -0.1) is 0 Å². The summed E-state index contributed by atoms with van der Waals surface area (Å²) in [5.41, 5.74) is 2.09. The van der Waals surface area contributed by atoms with Gasteiger partial charge in [0.25, 0.3) is 0 Å². The fourth-order valence-corrected chi connectivity index (χ4v) is 5.78. The molecule has 1 heterocycles. The van der Waals surface area contributed by atoms with Crippen molar-refractivity contribution in [3.05, 3.63) is 71.8 Å². The highest BCUT2D eigenvalue weighted by atomic mass is 31.2. The van der Waals surface area contributed by atoms with E-state index in [-0.39, 0.29) is 24.4 Å². The van der Waals surface area contributed by atoms with Gasteiger partial charge in [0.15, 0.2) is 8.38 Å². The molecule has 2 aromatic rings. The Labute approximate surface area is 222 Å². The molecule has 4 unspecified atom stereocenters. The Hall–Kier alpha value is -1.86. The third-order valence-corrected chi connectivity index (χ3v) is 7.56. The van der Waals surface area contributed by atoms with Crippen LogP contribution in [0.1, 0.15) is 58.6 Å². The molecule has 0 aliphatic carbocycles. The van der Waals surface area contributed by atoms with Gasteiger partial charge in [-0.3, -0.25) is 4.79 Å². The first-order valence-electron chi connectivity index (χ1n) is 13.0. The van der Waals surface area contributed by atoms with E-state index in [9.17, 15) is 4.79 Å². The number of carbonyl (C=O) groups excluding carboxylic acids is 1. The highest BCUT2D eigenvalue weighted by Gasteiger charge is 2.42. The predicted octanol–water partition coefficient (Wildman–Crippen LogP) is 6.39. The van der Waals surface area contributed by atoms with E-state index < -0.39 is 26.7 Å². The zero-order chi connectivity index (χ0) is 26.6. The van der Waals surface area contributed by atoms with Crippen LogP contribution in [0.2, 0.25) is 0 Å². The average molecular weight is 533 g/mol. The molecular weight excluding hydrogens is 491 g/mol. The molecule has 8 heteroatoms. The second kappa shape index (κ2) is 15.5. The Morgan fingerprint density at radius 2 is 1.43 bits per heavy atom. The zero-order valence-electron chi connectivity index (χ0n) is 22.6. The standard InChI is InChI=1S/C29H41O7P/c1-21(2)35-37(36-22(3)4)17-16-26-18-27(31-19-24-12-8-6-9-13-24)28(29(34-26)33-23(5)30)32-20-25-14-10-7-11-15-25/h6-15,21-22,26-29H,16-20H2,1-5H3. The minimum atomic E-state index is -1.06. The van der Waals surface area contributed by atoms with Gasteiger partial charge in [0.1, 0.15) is 6.10 Å². The second-order valence-electron chi connectivity index (χ2n) is 9.72. The summed E-state index contributed by atoms with van der Waals surface area (Å²) in [4.78, 5) is 12.0. The summed E-state index contributed by atoms with van der Waals surface area (Å²) in [5.74, 6) is -0.422. The molecule has 3 rings (SSSR count). The summed E-state index contributed by atoms with van der Waals surface area (Å²) < 4.78 is 36.7. The normalized spacial score (nSPS) is 22.1. The lowest BCUT2D eigenvalue weighted by Gasteiger charge is -2.41. The summed E-state index contributed by atoms with van der Waals surface area (Å²) in [6, 6.07) is 19.9. The van der Waals surface area contributed by atoms with E-state index in [0.717, 1.165) is 11.1 Å². The monoisotopic (exact) mass is 532 g/mol. The van der Waals surface area contributed by atoms with Crippen molar-refractivity contribution in [2.24, 2.45) is 0 Å². The van der Waals surface area contributed by atoms with Gasteiger partial charge in [0.05, 0.1) is 37.6 Å². The Kier molecular flexibility index (Phi) is 12.5. The number of carbonyl (C=O) groups is 1. The van der Waals surface area contributed by atoms with Crippen molar-refractivity contribution in [1.82, 2.24) is 0 Å². The molecule has 0 spiro atoms. The van der Waals surface area contributed by atoms with Gasteiger partial charge in [-0.2, -0.15) is 0 Å². The van der Waals surface area contributed by atoms with Gasteiger partial charge in [0, 0.05) is 19.5 Å². The summed E-state index contributed by atoms with van der Waals surface area (Å²) >= 11 is 0. The summed E-state index contributed by atoms with van der Waals surface area (Å²) in [5, 5.41) is 0. The fraction of sp³-hybridized carbons (Fsp3) is 0.552. The maximum Gasteiger partial charge on any atom is 0.305 e. The van der Waals surface area contributed by atoms with Crippen LogP contribution in [0, 0.1) is 0 Å². The van der Waals surface area contributed by atoms with Crippen molar-refractivity contribution in [2.75, 3.05) is 6.16 Å². The van der Waals surface area contributed by atoms with E-state index in [1.165, 1.54) is 6.92 Å². The van der Waals surface area contributed by atoms with E-state index in [1.54, 1.807) is 0 Å². The molecule has 1 aliphatic rings. The SMILES string of the molecule is CC(=O)OC1OC(CCP(OC(C)C)OC(C)C)CC(OCc2ccccc2)C1OCc1ccccc1.